The molecular formula is C14H14O3S2. The highest BCUT2D eigenvalue weighted by Crippen LogP contribution is 2.34. The minimum atomic E-state index is -4.11. The Morgan fingerprint density at radius 2 is 1.53 bits per heavy atom. The van der Waals surface area contributed by atoms with Crippen molar-refractivity contribution >= 4 is 19.9 Å². The van der Waals surface area contributed by atoms with Gasteiger partial charge < -0.3 is 0 Å². The molecule has 0 unspecified atom stereocenters. The van der Waals surface area contributed by atoms with Crippen molar-refractivity contribution in [1.29, 1.82) is 0 Å². The average Bonchev–Trinajstić information content (AvgIpc) is 2.31. The second-order valence-corrected chi connectivity index (χ2v) is 7.60. The van der Waals surface area contributed by atoms with Gasteiger partial charge in [0.2, 0.25) is 0 Å². The maximum absolute atomic E-state index is 11.0. The van der Waals surface area contributed by atoms with Crippen LogP contribution in [0.1, 0.15) is 11.1 Å². The molecule has 0 saturated carbocycles. The highest BCUT2D eigenvalue weighted by Gasteiger charge is 2.13. The molecule has 2 rings (SSSR count). The van der Waals surface area contributed by atoms with Gasteiger partial charge in [-0.05, 0) is 31.0 Å². The number of benzene rings is 2. The van der Waals surface area contributed by atoms with Crippen LogP contribution in [0.15, 0.2) is 47.4 Å². The molecule has 0 aromatic heterocycles. The monoisotopic (exact) mass is 294 g/mol. The first-order valence-electron chi connectivity index (χ1n) is 5.70. The predicted octanol–water partition coefficient (Wildman–Crippen LogP) is 3.87. The number of rotatable bonds is 3. The predicted molar refractivity (Wildman–Crippen MR) is 78.8 cm³/mol. The van der Waals surface area contributed by atoms with E-state index in [1.807, 2.05) is 50.2 Å². The van der Waals surface area contributed by atoms with E-state index in [1.165, 1.54) is 0 Å². The highest BCUT2D eigenvalue weighted by atomic mass is 33.1. The van der Waals surface area contributed by atoms with Gasteiger partial charge in [-0.1, -0.05) is 47.5 Å². The fourth-order valence-corrected chi connectivity index (χ4v) is 3.52. The van der Waals surface area contributed by atoms with E-state index in [2.05, 4.69) is 0 Å². The lowest BCUT2D eigenvalue weighted by Gasteiger charge is -2.09. The molecule has 2 aromatic rings. The molecule has 5 heteroatoms. The minimum Gasteiger partial charge on any atom is -0.277 e. The summed E-state index contributed by atoms with van der Waals surface area (Å²) in [5.74, 6) is 0. The van der Waals surface area contributed by atoms with E-state index in [1.54, 1.807) is 6.07 Å². The van der Waals surface area contributed by atoms with Crippen molar-refractivity contribution in [2.24, 2.45) is 0 Å². The molecule has 0 radical (unpaired) electrons. The second-order valence-electron chi connectivity index (χ2n) is 4.38. The molecule has 0 aliphatic rings. The molecule has 0 saturated heterocycles. The van der Waals surface area contributed by atoms with E-state index >= 15 is 0 Å². The summed E-state index contributed by atoms with van der Waals surface area (Å²) >= 11 is 0. The Kier molecular flexibility index (Phi) is 3.99. The van der Waals surface area contributed by atoms with Crippen LogP contribution in [-0.2, 0) is 9.15 Å². The van der Waals surface area contributed by atoms with E-state index in [-0.39, 0.29) is 0 Å². The Bertz CT molecular complexity index is 689. The Balaban J connectivity index is 2.54. The summed E-state index contributed by atoms with van der Waals surface area (Å²) in [6.45, 7) is 3.94. The Morgan fingerprint density at radius 1 is 0.947 bits per heavy atom. The fourth-order valence-electron chi connectivity index (χ4n) is 1.79. The zero-order chi connectivity index (χ0) is 14.0. The van der Waals surface area contributed by atoms with Crippen molar-refractivity contribution in [3.8, 4) is 11.1 Å². The molecule has 0 heterocycles. The summed E-state index contributed by atoms with van der Waals surface area (Å²) in [5, 5.41) is 0. The van der Waals surface area contributed by atoms with Gasteiger partial charge in [-0.25, -0.2) is 0 Å². The molecule has 1 N–H and O–H groups in total. The SMILES string of the molecule is Cc1ccc(-c2cc(C)ccc2SS(=O)(=O)O)cc1. The van der Waals surface area contributed by atoms with Crippen LogP contribution in [0, 0.1) is 13.8 Å². The maximum atomic E-state index is 11.0. The molecular weight excluding hydrogens is 280 g/mol. The van der Waals surface area contributed by atoms with Crippen molar-refractivity contribution < 1.29 is 13.0 Å². The third-order valence-corrected chi connectivity index (χ3v) is 4.61. The van der Waals surface area contributed by atoms with Crippen LogP contribution in [0.4, 0.5) is 0 Å². The van der Waals surface area contributed by atoms with Crippen molar-refractivity contribution in [2.75, 3.05) is 0 Å². The first-order chi connectivity index (χ1) is 8.85. The lowest BCUT2D eigenvalue weighted by molar-refractivity contribution is 0.503. The molecule has 3 nitrogen and oxygen atoms in total. The van der Waals surface area contributed by atoms with Crippen LogP contribution < -0.4 is 0 Å². The number of aryl methyl sites for hydroxylation is 2. The van der Waals surface area contributed by atoms with E-state index in [0.29, 0.717) is 15.7 Å². The van der Waals surface area contributed by atoms with Gasteiger partial charge in [0.25, 0.3) is 0 Å². The van der Waals surface area contributed by atoms with Crippen LogP contribution in [0.2, 0.25) is 0 Å². The normalized spacial score (nSPS) is 11.5. The molecule has 0 atom stereocenters. The minimum absolute atomic E-state index is 0.463. The van der Waals surface area contributed by atoms with Crippen molar-refractivity contribution in [1.82, 2.24) is 0 Å². The molecule has 19 heavy (non-hydrogen) atoms. The van der Waals surface area contributed by atoms with Gasteiger partial charge in [-0.3, -0.25) is 4.55 Å². The van der Waals surface area contributed by atoms with Crippen LogP contribution in [0.25, 0.3) is 11.1 Å². The molecule has 0 fully saturated rings. The standard InChI is InChI=1S/C14H14O3S2/c1-10-3-6-12(7-4-10)13-9-11(2)5-8-14(13)18-19(15,16)17/h3-9H,1-2H3,(H,15,16,17). The zero-order valence-electron chi connectivity index (χ0n) is 10.6. The Morgan fingerprint density at radius 3 is 2.11 bits per heavy atom. The van der Waals surface area contributed by atoms with Gasteiger partial charge in [0, 0.05) is 15.7 Å². The summed E-state index contributed by atoms with van der Waals surface area (Å²) in [7, 11) is -3.65. The van der Waals surface area contributed by atoms with Gasteiger partial charge in [0.05, 0.1) is 0 Å². The Labute approximate surface area is 116 Å². The fraction of sp³-hybridized carbons (Fsp3) is 0.143. The van der Waals surface area contributed by atoms with Gasteiger partial charge >= 0.3 is 9.15 Å². The van der Waals surface area contributed by atoms with Crippen molar-refractivity contribution in [3.05, 3.63) is 53.6 Å². The topological polar surface area (TPSA) is 54.4 Å². The van der Waals surface area contributed by atoms with E-state index in [0.717, 1.165) is 22.3 Å². The summed E-state index contributed by atoms with van der Waals surface area (Å²) in [5.41, 5.74) is 3.92. The van der Waals surface area contributed by atoms with Crippen molar-refractivity contribution in [3.63, 3.8) is 0 Å². The smallest absolute Gasteiger partial charge is 0.277 e. The third kappa shape index (κ3) is 3.83. The molecule has 2 aromatic carbocycles. The second kappa shape index (κ2) is 5.36. The first kappa shape index (κ1) is 14.1. The lowest BCUT2D eigenvalue weighted by atomic mass is 10.0. The zero-order valence-corrected chi connectivity index (χ0v) is 12.3. The van der Waals surface area contributed by atoms with Crippen LogP contribution in [0.3, 0.4) is 0 Å². The average molecular weight is 294 g/mol. The highest BCUT2D eigenvalue weighted by molar-refractivity contribution is 8.70. The molecule has 0 spiro atoms. The van der Waals surface area contributed by atoms with Gasteiger partial charge in [0.1, 0.15) is 0 Å². The quantitative estimate of drug-likeness (QED) is 0.690. The number of hydrogen-bond donors (Lipinski definition) is 1. The summed E-state index contributed by atoms with van der Waals surface area (Å²) in [4.78, 5) is 0.525. The molecule has 0 aliphatic heterocycles. The van der Waals surface area contributed by atoms with E-state index < -0.39 is 9.15 Å². The molecule has 0 aliphatic carbocycles. The van der Waals surface area contributed by atoms with Gasteiger partial charge in [0.15, 0.2) is 0 Å². The van der Waals surface area contributed by atoms with Gasteiger partial charge in [-0.2, -0.15) is 8.42 Å². The molecule has 0 amide bonds. The Hall–Kier alpha value is -1.30. The van der Waals surface area contributed by atoms with Crippen LogP contribution in [-0.4, -0.2) is 13.0 Å². The van der Waals surface area contributed by atoms with Crippen LogP contribution >= 0.6 is 10.8 Å². The van der Waals surface area contributed by atoms with Crippen LogP contribution in [0.5, 0.6) is 0 Å². The first-order valence-corrected chi connectivity index (χ1v) is 8.47. The summed E-state index contributed by atoms with van der Waals surface area (Å²) in [6.07, 6.45) is 0. The maximum Gasteiger partial charge on any atom is 0.324 e. The summed E-state index contributed by atoms with van der Waals surface area (Å²) in [6, 6.07) is 13.3. The van der Waals surface area contributed by atoms with E-state index in [9.17, 15) is 8.42 Å². The van der Waals surface area contributed by atoms with E-state index in [4.69, 9.17) is 4.55 Å². The van der Waals surface area contributed by atoms with Crippen molar-refractivity contribution in [2.45, 2.75) is 18.7 Å². The largest absolute Gasteiger partial charge is 0.324 e. The lowest BCUT2D eigenvalue weighted by Crippen LogP contribution is -1.92. The summed E-state index contributed by atoms with van der Waals surface area (Å²) < 4.78 is 31.1. The molecule has 100 valence electrons. The number of hydrogen-bond acceptors (Lipinski definition) is 3. The third-order valence-electron chi connectivity index (χ3n) is 2.69. The van der Waals surface area contributed by atoms with Gasteiger partial charge in [-0.15, -0.1) is 0 Å². The molecule has 0 bridgehead atoms.